The molecule has 1 aromatic carbocycles. The highest BCUT2D eigenvalue weighted by Gasteiger charge is 2.40. The number of rotatable bonds is 5. The molecule has 5 nitrogen and oxygen atoms in total. The van der Waals surface area contributed by atoms with Crippen molar-refractivity contribution in [3.8, 4) is 0 Å². The Balaban J connectivity index is 1.39. The molecule has 1 aliphatic heterocycles. The number of ether oxygens (including phenoxy) is 1. The van der Waals surface area contributed by atoms with Crippen LogP contribution in [0.1, 0.15) is 50.2 Å². The quantitative estimate of drug-likeness (QED) is 0.863. The first kappa shape index (κ1) is 16.9. The molecule has 2 N–H and O–H groups in total. The molecule has 0 radical (unpaired) electrons. The van der Waals surface area contributed by atoms with Crippen molar-refractivity contribution in [3.63, 3.8) is 0 Å². The Labute approximate surface area is 149 Å². The molecule has 5 heteroatoms. The van der Waals surface area contributed by atoms with Gasteiger partial charge in [-0.05, 0) is 44.1 Å². The summed E-state index contributed by atoms with van der Waals surface area (Å²) in [5.41, 5.74) is 0.864. The lowest BCUT2D eigenvalue weighted by Gasteiger charge is -2.35. The minimum absolute atomic E-state index is 0.0185. The molecule has 2 aliphatic carbocycles. The van der Waals surface area contributed by atoms with Gasteiger partial charge in [-0.25, -0.2) is 4.79 Å². The van der Waals surface area contributed by atoms with Crippen molar-refractivity contribution in [3.05, 3.63) is 35.9 Å². The van der Waals surface area contributed by atoms with E-state index < -0.39 is 6.10 Å². The number of fused-ring (bicyclic) bond motifs is 1. The standard InChI is InChI=1S/C20H28N2O3/c23-18(14-5-2-1-3-6-14)13-22(15-9-10-15)20(24)21-17-7-4-8-19-16(17)11-12-25-19/h1-3,5-6,15-19,23H,4,7-13H2,(H,21,24)/t16-,17+,18-,19-/m0/s1. The van der Waals surface area contributed by atoms with Gasteiger partial charge in [-0.1, -0.05) is 30.3 Å². The van der Waals surface area contributed by atoms with Crippen molar-refractivity contribution >= 4 is 6.03 Å². The van der Waals surface area contributed by atoms with Crippen LogP contribution in [0.2, 0.25) is 0 Å². The third-order valence-corrected chi connectivity index (χ3v) is 5.89. The zero-order valence-corrected chi connectivity index (χ0v) is 14.6. The summed E-state index contributed by atoms with van der Waals surface area (Å²) in [6.07, 6.45) is 6.08. The van der Waals surface area contributed by atoms with Gasteiger partial charge in [-0.15, -0.1) is 0 Å². The number of carbonyl (C=O) groups is 1. The lowest BCUT2D eigenvalue weighted by molar-refractivity contribution is 0.0526. The zero-order valence-electron chi connectivity index (χ0n) is 14.6. The van der Waals surface area contributed by atoms with Gasteiger partial charge in [-0.3, -0.25) is 0 Å². The molecule has 4 rings (SSSR count). The van der Waals surface area contributed by atoms with Gasteiger partial charge >= 0.3 is 6.03 Å². The highest BCUT2D eigenvalue weighted by Crippen LogP contribution is 2.35. The molecule has 3 aliphatic rings. The number of benzene rings is 1. The fourth-order valence-electron chi connectivity index (χ4n) is 4.35. The number of aliphatic hydroxyl groups excluding tert-OH is 1. The van der Waals surface area contributed by atoms with Crippen LogP contribution in [0.5, 0.6) is 0 Å². The smallest absolute Gasteiger partial charge is 0.317 e. The van der Waals surface area contributed by atoms with E-state index in [0.29, 0.717) is 18.6 Å². The highest BCUT2D eigenvalue weighted by atomic mass is 16.5. The number of urea groups is 1. The Hall–Kier alpha value is -1.59. The van der Waals surface area contributed by atoms with E-state index in [1.165, 1.54) is 0 Å². The van der Waals surface area contributed by atoms with Crippen molar-refractivity contribution in [1.29, 1.82) is 0 Å². The van der Waals surface area contributed by atoms with Crippen LogP contribution in [0, 0.1) is 5.92 Å². The van der Waals surface area contributed by atoms with E-state index in [0.717, 1.165) is 50.7 Å². The first-order valence-electron chi connectivity index (χ1n) is 9.64. The molecule has 136 valence electrons. The largest absolute Gasteiger partial charge is 0.387 e. The average Bonchev–Trinajstić information content (AvgIpc) is 3.36. The Bertz CT molecular complexity index is 590. The molecule has 0 aromatic heterocycles. The Morgan fingerprint density at radius 1 is 1.20 bits per heavy atom. The van der Waals surface area contributed by atoms with Gasteiger partial charge in [0.25, 0.3) is 0 Å². The van der Waals surface area contributed by atoms with Crippen LogP contribution >= 0.6 is 0 Å². The van der Waals surface area contributed by atoms with Crippen LogP contribution in [0.15, 0.2) is 30.3 Å². The minimum Gasteiger partial charge on any atom is -0.387 e. The fourth-order valence-corrected chi connectivity index (χ4v) is 4.35. The van der Waals surface area contributed by atoms with Crippen molar-refractivity contribution in [2.45, 2.75) is 62.8 Å². The number of hydrogen-bond donors (Lipinski definition) is 2. The second kappa shape index (κ2) is 7.34. The fraction of sp³-hybridized carbons (Fsp3) is 0.650. The third kappa shape index (κ3) is 3.82. The maximum Gasteiger partial charge on any atom is 0.317 e. The number of nitrogens with zero attached hydrogens (tertiary/aromatic N) is 1. The van der Waals surface area contributed by atoms with Gasteiger partial charge in [0.15, 0.2) is 0 Å². The van der Waals surface area contributed by atoms with E-state index in [2.05, 4.69) is 5.32 Å². The molecule has 1 heterocycles. The Morgan fingerprint density at radius 3 is 2.76 bits per heavy atom. The first-order chi connectivity index (χ1) is 12.2. The van der Waals surface area contributed by atoms with E-state index in [1.54, 1.807) is 0 Å². The Kier molecular flexibility index (Phi) is 4.95. The molecule has 0 spiro atoms. The van der Waals surface area contributed by atoms with Crippen molar-refractivity contribution < 1.29 is 14.6 Å². The summed E-state index contributed by atoms with van der Waals surface area (Å²) in [5, 5.41) is 13.8. The van der Waals surface area contributed by atoms with E-state index in [9.17, 15) is 9.90 Å². The number of nitrogens with one attached hydrogen (secondary N) is 1. The predicted octanol–water partition coefficient (Wildman–Crippen LogP) is 2.85. The molecular weight excluding hydrogens is 316 g/mol. The lowest BCUT2D eigenvalue weighted by Crippen LogP contribution is -2.51. The summed E-state index contributed by atoms with van der Waals surface area (Å²) in [6, 6.07) is 10.1. The molecule has 4 atom stereocenters. The number of aliphatic hydroxyl groups is 1. The number of amides is 2. The second-order valence-electron chi connectivity index (χ2n) is 7.66. The van der Waals surface area contributed by atoms with E-state index in [1.807, 2.05) is 35.2 Å². The summed E-state index contributed by atoms with van der Waals surface area (Å²) >= 11 is 0. The van der Waals surface area contributed by atoms with Crippen LogP contribution in [0.25, 0.3) is 0 Å². The number of carbonyl (C=O) groups excluding carboxylic acids is 1. The SMILES string of the molecule is O=C(N[C@@H]1CCC[C@@H]2OCC[C@H]21)N(C[C@H](O)c1ccccc1)C1CC1. The summed E-state index contributed by atoms with van der Waals surface area (Å²) in [5.74, 6) is 0.456. The summed E-state index contributed by atoms with van der Waals surface area (Å²) < 4.78 is 5.81. The zero-order chi connectivity index (χ0) is 17.2. The summed E-state index contributed by atoms with van der Waals surface area (Å²) in [7, 11) is 0. The second-order valence-corrected chi connectivity index (χ2v) is 7.66. The average molecular weight is 344 g/mol. The predicted molar refractivity (Wildman–Crippen MR) is 95.1 cm³/mol. The van der Waals surface area contributed by atoms with E-state index >= 15 is 0 Å². The van der Waals surface area contributed by atoms with Crippen LogP contribution < -0.4 is 5.32 Å². The normalized spacial score (nSPS) is 29.7. The molecule has 3 fully saturated rings. The lowest BCUT2D eigenvalue weighted by atomic mass is 9.82. The minimum atomic E-state index is -0.638. The van der Waals surface area contributed by atoms with Crippen molar-refractivity contribution in [2.24, 2.45) is 5.92 Å². The summed E-state index contributed by atoms with van der Waals surface area (Å²) in [6.45, 7) is 1.18. The van der Waals surface area contributed by atoms with Gasteiger partial charge in [-0.2, -0.15) is 0 Å². The molecule has 2 amide bonds. The highest BCUT2D eigenvalue weighted by molar-refractivity contribution is 5.75. The molecular formula is C20H28N2O3. The van der Waals surface area contributed by atoms with Crippen LogP contribution in [0.3, 0.4) is 0 Å². The molecule has 25 heavy (non-hydrogen) atoms. The van der Waals surface area contributed by atoms with Gasteiger partial charge in [0.2, 0.25) is 0 Å². The van der Waals surface area contributed by atoms with Crippen LogP contribution in [-0.2, 0) is 4.74 Å². The van der Waals surface area contributed by atoms with Crippen LogP contribution in [-0.4, -0.2) is 47.4 Å². The monoisotopic (exact) mass is 344 g/mol. The van der Waals surface area contributed by atoms with Gasteiger partial charge in [0.05, 0.1) is 18.8 Å². The van der Waals surface area contributed by atoms with E-state index in [4.69, 9.17) is 4.74 Å². The number of hydrogen-bond acceptors (Lipinski definition) is 3. The molecule has 0 unspecified atom stereocenters. The Morgan fingerprint density at radius 2 is 2.00 bits per heavy atom. The molecule has 2 saturated carbocycles. The maximum absolute atomic E-state index is 12.9. The van der Waals surface area contributed by atoms with Gasteiger partial charge in [0, 0.05) is 24.6 Å². The van der Waals surface area contributed by atoms with Crippen molar-refractivity contribution in [2.75, 3.05) is 13.2 Å². The molecule has 1 saturated heterocycles. The topological polar surface area (TPSA) is 61.8 Å². The van der Waals surface area contributed by atoms with Gasteiger partial charge < -0.3 is 20.1 Å². The molecule has 0 bridgehead atoms. The van der Waals surface area contributed by atoms with Gasteiger partial charge in [0.1, 0.15) is 0 Å². The third-order valence-electron chi connectivity index (χ3n) is 5.89. The molecule has 1 aromatic rings. The first-order valence-corrected chi connectivity index (χ1v) is 9.64. The van der Waals surface area contributed by atoms with Crippen molar-refractivity contribution in [1.82, 2.24) is 10.2 Å². The van der Waals surface area contributed by atoms with E-state index in [-0.39, 0.29) is 18.1 Å². The summed E-state index contributed by atoms with van der Waals surface area (Å²) in [4.78, 5) is 14.8. The van der Waals surface area contributed by atoms with Crippen LogP contribution in [0.4, 0.5) is 4.79 Å². The maximum atomic E-state index is 12.9.